The van der Waals surface area contributed by atoms with Crippen LogP contribution in [-0.2, 0) is 10.0 Å². The number of rotatable bonds is 5. The summed E-state index contributed by atoms with van der Waals surface area (Å²) in [5.41, 5.74) is 2.26. The van der Waals surface area contributed by atoms with Crippen molar-refractivity contribution in [2.75, 3.05) is 5.43 Å². The van der Waals surface area contributed by atoms with Gasteiger partial charge in [-0.05, 0) is 31.2 Å². The second kappa shape index (κ2) is 5.39. The number of hydrazine groups is 1. The molecule has 1 atom stereocenters. The number of nitrogens with one attached hydrogen (secondary N) is 2. The van der Waals surface area contributed by atoms with Crippen LogP contribution < -0.4 is 16.0 Å². The molecule has 0 bridgehead atoms. The quantitative estimate of drug-likeness (QED) is 0.557. The molecular weight excluding hydrogens is 268 g/mol. The minimum absolute atomic E-state index is 0.0177. The highest BCUT2D eigenvalue weighted by Gasteiger charge is 2.23. The average molecular weight is 282 g/mol. The molecule has 1 unspecified atom stereocenters. The number of furan rings is 1. The lowest BCUT2D eigenvalue weighted by Crippen LogP contribution is -2.28. The molecule has 102 valence electrons. The van der Waals surface area contributed by atoms with Gasteiger partial charge in [-0.3, -0.25) is 0 Å². The molecule has 0 saturated carbocycles. The highest BCUT2D eigenvalue weighted by atomic mass is 32.2. The summed E-state index contributed by atoms with van der Waals surface area (Å²) in [7, 11) is -3.74. The second-order valence-corrected chi connectivity index (χ2v) is 5.54. The minimum atomic E-state index is -3.74. The minimum Gasteiger partial charge on any atom is -0.468 e. The van der Waals surface area contributed by atoms with Crippen LogP contribution in [0, 0.1) is 0 Å². The maximum Gasteiger partial charge on any atom is 0.244 e. The molecule has 0 saturated heterocycles. The van der Waals surface area contributed by atoms with Crippen molar-refractivity contribution in [1.82, 2.24) is 9.71 Å². The summed E-state index contributed by atoms with van der Waals surface area (Å²) in [6, 6.07) is 5.83. The normalized spacial score (nSPS) is 13.2. The fourth-order valence-electron chi connectivity index (χ4n) is 1.61. The Morgan fingerprint density at radius 1 is 1.37 bits per heavy atom. The first kappa shape index (κ1) is 13.5. The van der Waals surface area contributed by atoms with Crippen LogP contribution in [0.4, 0.5) is 5.82 Å². The van der Waals surface area contributed by atoms with Gasteiger partial charge in [0.15, 0.2) is 5.82 Å². The Balaban J connectivity index is 2.28. The molecule has 8 heteroatoms. The lowest BCUT2D eigenvalue weighted by atomic mass is 10.3. The molecule has 2 rings (SSSR count). The SMILES string of the molecule is CC(NS(=O)(=O)c1cccnc1NN)c1ccco1. The predicted molar refractivity (Wildman–Crippen MR) is 69.5 cm³/mol. The Hall–Kier alpha value is -1.90. The Morgan fingerprint density at radius 3 is 2.79 bits per heavy atom. The van der Waals surface area contributed by atoms with Gasteiger partial charge >= 0.3 is 0 Å². The van der Waals surface area contributed by atoms with Crippen molar-refractivity contribution in [3.63, 3.8) is 0 Å². The van der Waals surface area contributed by atoms with Gasteiger partial charge in [0.1, 0.15) is 10.7 Å². The fraction of sp³-hybridized carbons (Fsp3) is 0.182. The third-order valence-electron chi connectivity index (χ3n) is 2.50. The summed E-state index contributed by atoms with van der Waals surface area (Å²) < 4.78 is 32.1. The molecule has 0 fully saturated rings. The zero-order valence-corrected chi connectivity index (χ0v) is 11.0. The number of aromatic nitrogens is 1. The van der Waals surface area contributed by atoms with Crippen LogP contribution in [0.25, 0.3) is 0 Å². The Kier molecular flexibility index (Phi) is 3.84. The number of hydrogen-bond acceptors (Lipinski definition) is 6. The maximum absolute atomic E-state index is 12.2. The van der Waals surface area contributed by atoms with Gasteiger partial charge < -0.3 is 9.84 Å². The van der Waals surface area contributed by atoms with Gasteiger partial charge in [0.2, 0.25) is 10.0 Å². The van der Waals surface area contributed by atoms with Gasteiger partial charge in [0, 0.05) is 6.20 Å². The lowest BCUT2D eigenvalue weighted by Gasteiger charge is -2.13. The zero-order valence-electron chi connectivity index (χ0n) is 10.2. The van der Waals surface area contributed by atoms with Crippen LogP contribution >= 0.6 is 0 Å². The number of nitrogens with two attached hydrogens (primary N) is 1. The monoisotopic (exact) mass is 282 g/mol. The van der Waals surface area contributed by atoms with E-state index in [9.17, 15) is 8.42 Å². The molecule has 2 aromatic heterocycles. The Labute approximate surface area is 110 Å². The van der Waals surface area contributed by atoms with E-state index in [1.54, 1.807) is 19.1 Å². The van der Waals surface area contributed by atoms with Crippen molar-refractivity contribution in [3.8, 4) is 0 Å². The summed E-state index contributed by atoms with van der Waals surface area (Å²) >= 11 is 0. The predicted octanol–water partition coefficient (Wildman–Crippen LogP) is 1.000. The van der Waals surface area contributed by atoms with E-state index in [1.807, 2.05) is 0 Å². The number of anilines is 1. The van der Waals surface area contributed by atoms with Gasteiger partial charge in [-0.15, -0.1) is 0 Å². The zero-order chi connectivity index (χ0) is 13.9. The molecule has 0 radical (unpaired) electrons. The number of hydrogen-bond donors (Lipinski definition) is 3. The molecule has 0 aliphatic carbocycles. The summed E-state index contributed by atoms with van der Waals surface area (Å²) in [6.45, 7) is 1.68. The highest BCUT2D eigenvalue weighted by Crippen LogP contribution is 2.20. The molecular formula is C11H14N4O3S. The van der Waals surface area contributed by atoms with Crippen LogP contribution in [0.15, 0.2) is 46.0 Å². The molecule has 0 spiro atoms. The smallest absolute Gasteiger partial charge is 0.244 e. The maximum atomic E-state index is 12.2. The van der Waals surface area contributed by atoms with Crippen LogP contribution in [0.3, 0.4) is 0 Å². The number of nitrogens with zero attached hydrogens (tertiary/aromatic N) is 1. The second-order valence-electron chi connectivity index (χ2n) is 3.85. The van der Waals surface area contributed by atoms with Crippen molar-refractivity contribution in [2.45, 2.75) is 17.9 Å². The van der Waals surface area contributed by atoms with Gasteiger partial charge in [-0.1, -0.05) is 0 Å². The van der Waals surface area contributed by atoms with Crippen molar-refractivity contribution >= 4 is 15.8 Å². The van der Waals surface area contributed by atoms with Crippen molar-refractivity contribution < 1.29 is 12.8 Å². The Morgan fingerprint density at radius 2 is 2.16 bits per heavy atom. The third-order valence-corrected chi connectivity index (χ3v) is 4.07. The summed E-state index contributed by atoms with van der Waals surface area (Å²) in [5, 5.41) is 0. The van der Waals surface area contributed by atoms with Crippen molar-refractivity contribution in [1.29, 1.82) is 0 Å². The molecule has 0 amide bonds. The van der Waals surface area contributed by atoms with Crippen molar-refractivity contribution in [2.24, 2.45) is 5.84 Å². The average Bonchev–Trinajstić information content (AvgIpc) is 2.92. The molecule has 4 N–H and O–H groups in total. The van der Waals surface area contributed by atoms with Crippen LogP contribution in [0.2, 0.25) is 0 Å². The van der Waals surface area contributed by atoms with E-state index in [1.165, 1.54) is 24.6 Å². The molecule has 0 aliphatic rings. The molecule has 0 aliphatic heterocycles. The van der Waals surface area contributed by atoms with Gasteiger partial charge in [0.05, 0.1) is 12.3 Å². The summed E-state index contributed by atoms with van der Waals surface area (Å²) in [5.74, 6) is 5.86. The molecule has 7 nitrogen and oxygen atoms in total. The first-order chi connectivity index (χ1) is 9.04. The van der Waals surface area contributed by atoms with E-state index in [2.05, 4.69) is 15.1 Å². The van der Waals surface area contributed by atoms with Crippen LogP contribution in [-0.4, -0.2) is 13.4 Å². The van der Waals surface area contributed by atoms with E-state index < -0.39 is 16.1 Å². The molecule has 0 aromatic carbocycles. The largest absolute Gasteiger partial charge is 0.468 e. The van der Waals surface area contributed by atoms with E-state index in [-0.39, 0.29) is 10.7 Å². The van der Waals surface area contributed by atoms with E-state index in [0.717, 1.165) is 0 Å². The highest BCUT2D eigenvalue weighted by molar-refractivity contribution is 7.89. The van der Waals surface area contributed by atoms with E-state index >= 15 is 0 Å². The van der Waals surface area contributed by atoms with Crippen LogP contribution in [0.1, 0.15) is 18.7 Å². The van der Waals surface area contributed by atoms with Gasteiger partial charge in [0.25, 0.3) is 0 Å². The van der Waals surface area contributed by atoms with Crippen molar-refractivity contribution in [3.05, 3.63) is 42.5 Å². The first-order valence-electron chi connectivity index (χ1n) is 5.52. The third kappa shape index (κ3) is 2.92. The summed E-state index contributed by atoms with van der Waals surface area (Å²) in [4.78, 5) is 3.84. The number of pyridine rings is 1. The number of sulfonamides is 1. The van der Waals surface area contributed by atoms with E-state index in [0.29, 0.717) is 5.76 Å². The lowest BCUT2D eigenvalue weighted by molar-refractivity contribution is 0.459. The Bertz CT molecular complexity index is 640. The van der Waals surface area contributed by atoms with E-state index in [4.69, 9.17) is 10.3 Å². The molecule has 2 heterocycles. The standard InChI is InChI=1S/C11H14N4O3S/c1-8(9-4-3-7-18-9)15-19(16,17)10-5-2-6-13-11(10)14-12/h2-8,15H,12H2,1H3,(H,13,14). The summed E-state index contributed by atoms with van der Waals surface area (Å²) in [6.07, 6.45) is 2.93. The number of nitrogen functional groups attached to an aromatic ring is 1. The first-order valence-corrected chi connectivity index (χ1v) is 7.00. The van der Waals surface area contributed by atoms with Gasteiger partial charge in [-0.2, -0.15) is 0 Å². The fourth-order valence-corrected chi connectivity index (χ4v) is 2.94. The topological polar surface area (TPSA) is 110 Å². The molecule has 2 aromatic rings. The van der Waals surface area contributed by atoms with Gasteiger partial charge in [-0.25, -0.2) is 24.0 Å². The molecule has 19 heavy (non-hydrogen) atoms. The van der Waals surface area contributed by atoms with Crippen LogP contribution in [0.5, 0.6) is 0 Å².